The van der Waals surface area contributed by atoms with E-state index < -0.39 is 23.3 Å². The second-order valence-corrected chi connectivity index (χ2v) is 3.96. The van der Waals surface area contributed by atoms with Gasteiger partial charge in [0, 0.05) is 17.8 Å². The highest BCUT2D eigenvalue weighted by Crippen LogP contribution is 2.23. The summed E-state index contributed by atoms with van der Waals surface area (Å²) in [6, 6.07) is 6.82. The molecule has 6 heteroatoms. The van der Waals surface area contributed by atoms with Gasteiger partial charge in [0.1, 0.15) is 11.6 Å². The quantitative estimate of drug-likeness (QED) is 0.908. The summed E-state index contributed by atoms with van der Waals surface area (Å²) in [6.45, 7) is 0. The number of phenolic OH excluding ortho intramolecular Hbond substituents is 1. The van der Waals surface area contributed by atoms with Gasteiger partial charge in [0.05, 0.1) is 12.7 Å². The van der Waals surface area contributed by atoms with Crippen molar-refractivity contribution >= 4 is 11.6 Å². The summed E-state index contributed by atoms with van der Waals surface area (Å²) in [4.78, 5) is 11.9. The molecule has 0 aromatic heterocycles. The van der Waals surface area contributed by atoms with Gasteiger partial charge in [-0.2, -0.15) is 0 Å². The third kappa shape index (κ3) is 2.85. The maximum Gasteiger partial charge on any atom is 0.259 e. The summed E-state index contributed by atoms with van der Waals surface area (Å²) in [7, 11) is 1.30. The fourth-order valence-electron chi connectivity index (χ4n) is 1.63. The molecule has 0 heterocycles. The first-order valence-electron chi connectivity index (χ1n) is 5.64. The summed E-state index contributed by atoms with van der Waals surface area (Å²) in [5.74, 6) is -2.35. The van der Waals surface area contributed by atoms with E-state index in [0.29, 0.717) is 0 Å². The SMILES string of the molecule is COc1cc(NC(=O)c2ccc(F)cc2O)ccc1F. The number of methoxy groups -OCH3 is 1. The Kier molecular flexibility index (Phi) is 3.84. The fourth-order valence-corrected chi connectivity index (χ4v) is 1.63. The predicted molar refractivity (Wildman–Crippen MR) is 69.0 cm³/mol. The zero-order chi connectivity index (χ0) is 14.7. The van der Waals surface area contributed by atoms with Crippen molar-refractivity contribution in [3.63, 3.8) is 0 Å². The molecule has 2 N–H and O–H groups in total. The Bertz CT molecular complexity index is 659. The van der Waals surface area contributed by atoms with E-state index in [9.17, 15) is 18.7 Å². The summed E-state index contributed by atoms with van der Waals surface area (Å²) in [5.41, 5.74) is 0.201. The Balaban J connectivity index is 2.23. The molecule has 0 saturated heterocycles. The molecule has 2 aromatic rings. The van der Waals surface area contributed by atoms with Crippen LogP contribution in [0.25, 0.3) is 0 Å². The number of nitrogens with one attached hydrogen (secondary N) is 1. The number of ether oxygens (including phenoxy) is 1. The maximum absolute atomic E-state index is 13.2. The minimum absolute atomic E-state index is 0.0221. The zero-order valence-electron chi connectivity index (χ0n) is 10.5. The van der Waals surface area contributed by atoms with E-state index in [1.165, 1.54) is 19.2 Å². The third-order valence-corrected chi connectivity index (χ3v) is 2.61. The number of phenols is 1. The van der Waals surface area contributed by atoms with Gasteiger partial charge in [-0.3, -0.25) is 4.79 Å². The molecule has 0 unspecified atom stereocenters. The molecule has 0 radical (unpaired) electrons. The van der Waals surface area contributed by atoms with Crippen LogP contribution in [0.5, 0.6) is 11.5 Å². The zero-order valence-corrected chi connectivity index (χ0v) is 10.5. The van der Waals surface area contributed by atoms with Crippen molar-refractivity contribution in [1.82, 2.24) is 0 Å². The first-order chi connectivity index (χ1) is 9.51. The second kappa shape index (κ2) is 5.56. The lowest BCUT2D eigenvalue weighted by Crippen LogP contribution is -2.12. The van der Waals surface area contributed by atoms with Crippen molar-refractivity contribution in [3.8, 4) is 11.5 Å². The number of carbonyl (C=O) groups is 1. The molecule has 0 spiro atoms. The number of carbonyl (C=O) groups excluding carboxylic acids is 1. The minimum Gasteiger partial charge on any atom is -0.507 e. The number of hydrogen-bond acceptors (Lipinski definition) is 3. The number of hydrogen-bond donors (Lipinski definition) is 2. The highest BCUT2D eigenvalue weighted by atomic mass is 19.1. The Labute approximate surface area is 113 Å². The third-order valence-electron chi connectivity index (χ3n) is 2.61. The van der Waals surface area contributed by atoms with Crippen molar-refractivity contribution in [1.29, 1.82) is 0 Å². The molecular weight excluding hydrogens is 268 g/mol. The van der Waals surface area contributed by atoms with Crippen molar-refractivity contribution in [2.45, 2.75) is 0 Å². The van der Waals surface area contributed by atoms with Crippen LogP contribution in [0, 0.1) is 11.6 Å². The maximum atomic E-state index is 13.2. The molecule has 0 aliphatic carbocycles. The van der Waals surface area contributed by atoms with Crippen molar-refractivity contribution in [3.05, 3.63) is 53.6 Å². The molecule has 2 rings (SSSR count). The number of halogens is 2. The summed E-state index contributed by atoms with van der Waals surface area (Å²) in [5, 5.41) is 12.0. The number of anilines is 1. The minimum atomic E-state index is -0.650. The van der Waals surface area contributed by atoms with Gasteiger partial charge in [0.25, 0.3) is 5.91 Å². The van der Waals surface area contributed by atoms with Crippen LogP contribution in [0.3, 0.4) is 0 Å². The van der Waals surface area contributed by atoms with Crippen LogP contribution in [0.1, 0.15) is 10.4 Å². The topological polar surface area (TPSA) is 58.6 Å². The normalized spacial score (nSPS) is 10.2. The van der Waals surface area contributed by atoms with Gasteiger partial charge >= 0.3 is 0 Å². The van der Waals surface area contributed by atoms with E-state index in [-0.39, 0.29) is 17.0 Å². The first-order valence-corrected chi connectivity index (χ1v) is 5.64. The van der Waals surface area contributed by atoms with E-state index in [4.69, 9.17) is 4.74 Å². The molecule has 4 nitrogen and oxygen atoms in total. The summed E-state index contributed by atoms with van der Waals surface area (Å²) >= 11 is 0. The van der Waals surface area contributed by atoms with Crippen LogP contribution in [-0.4, -0.2) is 18.1 Å². The smallest absolute Gasteiger partial charge is 0.259 e. The van der Waals surface area contributed by atoms with Crippen LogP contribution < -0.4 is 10.1 Å². The van der Waals surface area contributed by atoms with E-state index in [2.05, 4.69) is 5.32 Å². The van der Waals surface area contributed by atoms with E-state index in [1.54, 1.807) is 0 Å². The fraction of sp³-hybridized carbons (Fsp3) is 0.0714. The molecule has 0 saturated carbocycles. The number of benzene rings is 2. The Morgan fingerprint density at radius 2 is 1.95 bits per heavy atom. The molecule has 0 fully saturated rings. The van der Waals surface area contributed by atoms with Gasteiger partial charge in [-0.25, -0.2) is 8.78 Å². The van der Waals surface area contributed by atoms with Crippen LogP contribution in [0.2, 0.25) is 0 Å². The summed E-state index contributed by atoms with van der Waals surface area (Å²) in [6.07, 6.45) is 0. The number of rotatable bonds is 3. The highest BCUT2D eigenvalue weighted by Gasteiger charge is 2.13. The molecule has 1 amide bonds. The summed E-state index contributed by atoms with van der Waals surface area (Å²) < 4.78 is 30.8. The van der Waals surface area contributed by atoms with Gasteiger partial charge in [0.2, 0.25) is 0 Å². The number of aromatic hydroxyl groups is 1. The van der Waals surface area contributed by atoms with Crippen molar-refractivity contribution < 1.29 is 23.4 Å². The predicted octanol–water partition coefficient (Wildman–Crippen LogP) is 2.93. The highest BCUT2D eigenvalue weighted by molar-refractivity contribution is 6.06. The van der Waals surface area contributed by atoms with E-state index in [0.717, 1.165) is 24.3 Å². The van der Waals surface area contributed by atoms with Crippen molar-refractivity contribution in [2.75, 3.05) is 12.4 Å². The molecule has 0 aliphatic heterocycles. The molecular formula is C14H11F2NO3. The number of amides is 1. The van der Waals surface area contributed by atoms with Gasteiger partial charge < -0.3 is 15.2 Å². The van der Waals surface area contributed by atoms with Gasteiger partial charge in [-0.05, 0) is 24.3 Å². The Morgan fingerprint density at radius 1 is 1.20 bits per heavy atom. The van der Waals surface area contributed by atoms with Crippen LogP contribution in [0.4, 0.5) is 14.5 Å². The largest absolute Gasteiger partial charge is 0.507 e. The lowest BCUT2D eigenvalue weighted by molar-refractivity contribution is 0.102. The molecule has 0 bridgehead atoms. The van der Waals surface area contributed by atoms with Crippen LogP contribution in [-0.2, 0) is 0 Å². The monoisotopic (exact) mass is 279 g/mol. The Morgan fingerprint density at radius 3 is 2.60 bits per heavy atom. The standard InChI is InChI=1S/C14H11F2NO3/c1-20-13-7-9(3-5-11(13)16)17-14(19)10-4-2-8(15)6-12(10)18/h2-7,18H,1H3,(H,17,19). The lowest BCUT2D eigenvalue weighted by Gasteiger charge is -2.09. The van der Waals surface area contributed by atoms with Crippen molar-refractivity contribution in [2.24, 2.45) is 0 Å². The van der Waals surface area contributed by atoms with E-state index in [1.807, 2.05) is 0 Å². The molecule has 2 aromatic carbocycles. The second-order valence-electron chi connectivity index (χ2n) is 3.96. The molecule has 20 heavy (non-hydrogen) atoms. The van der Waals surface area contributed by atoms with Crippen LogP contribution in [0.15, 0.2) is 36.4 Å². The Hall–Kier alpha value is -2.63. The average Bonchev–Trinajstić information content (AvgIpc) is 2.40. The van der Waals surface area contributed by atoms with Gasteiger partial charge in [-0.1, -0.05) is 0 Å². The molecule has 104 valence electrons. The van der Waals surface area contributed by atoms with Gasteiger partial charge in [-0.15, -0.1) is 0 Å². The van der Waals surface area contributed by atoms with Crippen LogP contribution >= 0.6 is 0 Å². The average molecular weight is 279 g/mol. The molecule has 0 aliphatic rings. The first kappa shape index (κ1) is 13.8. The lowest BCUT2D eigenvalue weighted by atomic mass is 10.1. The molecule has 0 atom stereocenters. The van der Waals surface area contributed by atoms with Gasteiger partial charge in [0.15, 0.2) is 11.6 Å². The van der Waals surface area contributed by atoms with E-state index >= 15 is 0 Å².